The van der Waals surface area contributed by atoms with Crippen LogP contribution in [-0.2, 0) is 11.3 Å². The fourth-order valence-corrected chi connectivity index (χ4v) is 3.36. The lowest BCUT2D eigenvalue weighted by molar-refractivity contribution is -0.116. The van der Waals surface area contributed by atoms with Gasteiger partial charge in [0.25, 0.3) is 5.91 Å². The third-order valence-electron chi connectivity index (χ3n) is 4.86. The van der Waals surface area contributed by atoms with Crippen LogP contribution >= 0.6 is 11.6 Å². The van der Waals surface area contributed by atoms with E-state index in [0.29, 0.717) is 30.2 Å². The van der Waals surface area contributed by atoms with Crippen LogP contribution in [0.4, 0.5) is 0 Å². The third-order valence-corrected chi connectivity index (χ3v) is 5.23. The maximum Gasteiger partial charge on any atom is 0.251 e. The largest absolute Gasteiger partial charge is 0.351 e. The molecular formula is C24H25ClN4O2. The lowest BCUT2D eigenvalue weighted by Crippen LogP contribution is -2.33. The third kappa shape index (κ3) is 6.06. The molecule has 0 aliphatic rings. The van der Waals surface area contributed by atoms with Crippen molar-refractivity contribution >= 4 is 29.5 Å². The van der Waals surface area contributed by atoms with Gasteiger partial charge in [0.2, 0.25) is 5.91 Å². The van der Waals surface area contributed by atoms with Crippen molar-refractivity contribution in [3.05, 3.63) is 93.8 Å². The van der Waals surface area contributed by atoms with Gasteiger partial charge in [0.15, 0.2) is 0 Å². The van der Waals surface area contributed by atoms with Gasteiger partial charge < -0.3 is 10.6 Å². The summed E-state index contributed by atoms with van der Waals surface area (Å²) in [6.07, 6.45) is 3.24. The first-order valence-electron chi connectivity index (χ1n) is 10.0. The minimum Gasteiger partial charge on any atom is -0.351 e. The van der Waals surface area contributed by atoms with Crippen molar-refractivity contribution in [2.45, 2.75) is 20.4 Å². The molecule has 2 aromatic carbocycles. The number of hydrogen-bond acceptors (Lipinski definition) is 3. The fourth-order valence-electron chi connectivity index (χ4n) is 3.17. The molecule has 2 amide bonds. The van der Waals surface area contributed by atoms with E-state index in [2.05, 4.69) is 15.7 Å². The smallest absolute Gasteiger partial charge is 0.251 e. The van der Waals surface area contributed by atoms with Crippen molar-refractivity contribution in [3.63, 3.8) is 0 Å². The molecule has 160 valence electrons. The lowest BCUT2D eigenvalue weighted by Gasteiger charge is -2.07. The molecular weight excluding hydrogens is 412 g/mol. The summed E-state index contributed by atoms with van der Waals surface area (Å²) in [5.41, 5.74) is 4.27. The highest BCUT2D eigenvalue weighted by atomic mass is 35.5. The molecule has 0 bridgehead atoms. The number of aryl methyl sites for hydroxylation is 1. The summed E-state index contributed by atoms with van der Waals surface area (Å²) in [4.78, 5) is 24.1. The number of hydrogen-bond donors (Lipinski definition) is 2. The van der Waals surface area contributed by atoms with Gasteiger partial charge in [-0.05, 0) is 43.7 Å². The van der Waals surface area contributed by atoms with E-state index in [0.717, 1.165) is 22.5 Å². The van der Waals surface area contributed by atoms with Crippen LogP contribution in [0.15, 0.2) is 60.7 Å². The molecule has 1 heterocycles. The van der Waals surface area contributed by atoms with Gasteiger partial charge in [-0.1, -0.05) is 48.0 Å². The Kier molecular flexibility index (Phi) is 7.62. The summed E-state index contributed by atoms with van der Waals surface area (Å²) in [6, 6.07) is 16.6. The first kappa shape index (κ1) is 22.3. The second-order valence-corrected chi connectivity index (χ2v) is 7.49. The molecule has 0 aliphatic heterocycles. The van der Waals surface area contributed by atoms with Gasteiger partial charge in [-0.15, -0.1) is 0 Å². The number of halogens is 1. The first-order chi connectivity index (χ1) is 15.0. The van der Waals surface area contributed by atoms with Crippen molar-refractivity contribution in [2.75, 3.05) is 13.1 Å². The monoisotopic (exact) mass is 436 g/mol. The number of benzene rings is 2. The van der Waals surface area contributed by atoms with Crippen LogP contribution < -0.4 is 10.6 Å². The Bertz CT molecular complexity index is 1090. The number of carbonyl (C=O) groups excluding carboxylic acids is 2. The number of carbonyl (C=O) groups is 2. The van der Waals surface area contributed by atoms with Gasteiger partial charge in [0.1, 0.15) is 0 Å². The Morgan fingerprint density at radius 3 is 2.42 bits per heavy atom. The Morgan fingerprint density at radius 1 is 1.00 bits per heavy atom. The van der Waals surface area contributed by atoms with E-state index in [1.54, 1.807) is 18.2 Å². The normalized spacial score (nSPS) is 10.9. The van der Waals surface area contributed by atoms with E-state index in [-0.39, 0.29) is 11.8 Å². The van der Waals surface area contributed by atoms with Crippen LogP contribution in [0.1, 0.15) is 32.9 Å². The molecule has 0 aliphatic carbocycles. The van der Waals surface area contributed by atoms with Gasteiger partial charge in [-0.3, -0.25) is 14.3 Å². The van der Waals surface area contributed by atoms with Crippen molar-refractivity contribution in [1.29, 1.82) is 0 Å². The minimum atomic E-state index is -0.230. The number of nitrogens with one attached hydrogen (secondary N) is 2. The van der Waals surface area contributed by atoms with Gasteiger partial charge in [0.05, 0.1) is 12.2 Å². The summed E-state index contributed by atoms with van der Waals surface area (Å²) < 4.78 is 1.88. The molecule has 7 heteroatoms. The molecule has 6 nitrogen and oxygen atoms in total. The Hall–Kier alpha value is -3.38. The molecule has 0 saturated carbocycles. The molecule has 0 fully saturated rings. The van der Waals surface area contributed by atoms with Gasteiger partial charge in [-0.2, -0.15) is 5.10 Å². The summed E-state index contributed by atoms with van der Waals surface area (Å²) in [6.45, 7) is 5.13. The maximum absolute atomic E-state index is 12.1. The molecule has 3 aromatic rings. The van der Waals surface area contributed by atoms with Crippen molar-refractivity contribution in [2.24, 2.45) is 0 Å². The van der Waals surface area contributed by atoms with Crippen LogP contribution in [0.3, 0.4) is 0 Å². The summed E-state index contributed by atoms with van der Waals surface area (Å²) in [5, 5.41) is 10.8. The molecule has 1 aromatic heterocycles. The van der Waals surface area contributed by atoms with Gasteiger partial charge in [-0.25, -0.2) is 0 Å². The fraction of sp³-hybridized carbons (Fsp3) is 0.208. The molecule has 31 heavy (non-hydrogen) atoms. The summed E-state index contributed by atoms with van der Waals surface area (Å²) in [5.74, 6) is -0.394. The topological polar surface area (TPSA) is 76.0 Å². The highest BCUT2D eigenvalue weighted by Crippen LogP contribution is 2.20. The average molecular weight is 437 g/mol. The minimum absolute atomic E-state index is 0.164. The van der Waals surface area contributed by atoms with Crippen LogP contribution in [-0.4, -0.2) is 34.7 Å². The number of aromatic nitrogens is 2. The van der Waals surface area contributed by atoms with Gasteiger partial charge in [0, 0.05) is 41.0 Å². The van der Waals surface area contributed by atoms with E-state index in [1.807, 2.05) is 61.0 Å². The SMILES string of the molecule is Cc1nn(Cc2ccccc2Cl)c(C)c1/C=C/C(=O)NCCNC(=O)c1ccccc1. The van der Waals surface area contributed by atoms with Crippen LogP contribution in [0.5, 0.6) is 0 Å². The number of rotatable bonds is 8. The summed E-state index contributed by atoms with van der Waals surface area (Å²) in [7, 11) is 0. The van der Waals surface area contributed by atoms with E-state index in [4.69, 9.17) is 11.6 Å². The quantitative estimate of drug-likeness (QED) is 0.417. The van der Waals surface area contributed by atoms with E-state index in [9.17, 15) is 9.59 Å². The maximum atomic E-state index is 12.1. The lowest BCUT2D eigenvalue weighted by atomic mass is 10.1. The Morgan fingerprint density at radius 2 is 1.68 bits per heavy atom. The predicted octanol–water partition coefficient (Wildman–Crippen LogP) is 3.76. The molecule has 0 saturated heterocycles. The standard InChI is InChI=1S/C24H25ClN4O2/c1-17-21(18(2)29(28-17)16-20-10-6-7-11-22(20)25)12-13-23(30)26-14-15-27-24(31)19-8-4-3-5-9-19/h3-13H,14-16H2,1-2H3,(H,26,30)(H,27,31)/b13-12+. The van der Waals surface area contributed by atoms with Gasteiger partial charge >= 0.3 is 0 Å². The second-order valence-electron chi connectivity index (χ2n) is 7.08. The predicted molar refractivity (Wildman–Crippen MR) is 123 cm³/mol. The Labute approximate surface area is 186 Å². The highest BCUT2D eigenvalue weighted by Gasteiger charge is 2.11. The second kappa shape index (κ2) is 10.6. The summed E-state index contributed by atoms with van der Waals surface area (Å²) >= 11 is 6.26. The van der Waals surface area contributed by atoms with Crippen LogP contribution in [0.25, 0.3) is 6.08 Å². The van der Waals surface area contributed by atoms with E-state index >= 15 is 0 Å². The molecule has 0 unspecified atom stereocenters. The van der Waals surface area contributed by atoms with Crippen LogP contribution in [0.2, 0.25) is 5.02 Å². The zero-order chi connectivity index (χ0) is 22.2. The molecule has 0 spiro atoms. The van der Waals surface area contributed by atoms with Crippen molar-refractivity contribution < 1.29 is 9.59 Å². The van der Waals surface area contributed by atoms with E-state index < -0.39 is 0 Å². The van der Waals surface area contributed by atoms with Crippen molar-refractivity contribution in [1.82, 2.24) is 20.4 Å². The van der Waals surface area contributed by atoms with Crippen LogP contribution in [0, 0.1) is 13.8 Å². The zero-order valence-corrected chi connectivity index (χ0v) is 18.3. The Balaban J connectivity index is 1.52. The molecule has 0 atom stereocenters. The molecule has 3 rings (SSSR count). The number of nitrogens with zero attached hydrogens (tertiary/aromatic N) is 2. The zero-order valence-electron chi connectivity index (χ0n) is 17.6. The first-order valence-corrected chi connectivity index (χ1v) is 10.4. The highest BCUT2D eigenvalue weighted by molar-refractivity contribution is 6.31. The average Bonchev–Trinajstić information content (AvgIpc) is 3.04. The number of amides is 2. The molecule has 0 radical (unpaired) electrons. The molecule has 2 N–H and O–H groups in total. The van der Waals surface area contributed by atoms with E-state index in [1.165, 1.54) is 6.08 Å². The van der Waals surface area contributed by atoms with Crippen molar-refractivity contribution in [3.8, 4) is 0 Å².